The summed E-state index contributed by atoms with van der Waals surface area (Å²) >= 11 is 1.05. The van der Waals surface area contributed by atoms with Gasteiger partial charge in [-0.1, -0.05) is 30.0 Å². The number of hydrogen-bond acceptors (Lipinski definition) is 4. The van der Waals surface area contributed by atoms with Crippen molar-refractivity contribution in [1.29, 1.82) is 0 Å². The third kappa shape index (κ3) is 4.28. The highest BCUT2D eigenvalue weighted by atomic mass is 32.1. The Morgan fingerprint density at radius 3 is 2.42 bits per heavy atom. The summed E-state index contributed by atoms with van der Waals surface area (Å²) in [5.41, 5.74) is 0.178. The molecule has 0 spiro atoms. The molecule has 1 aliphatic rings. The van der Waals surface area contributed by atoms with Gasteiger partial charge in [-0.25, -0.2) is 4.98 Å². The third-order valence-corrected chi connectivity index (χ3v) is 4.64. The molecule has 3 rings (SSSR count). The van der Waals surface area contributed by atoms with Crippen LogP contribution in [0.2, 0.25) is 0 Å². The first-order chi connectivity index (χ1) is 11.5. The predicted molar refractivity (Wildman–Crippen MR) is 89.1 cm³/mol. The molecule has 1 fully saturated rings. The first-order valence-electron chi connectivity index (χ1n) is 7.56. The van der Waals surface area contributed by atoms with Crippen LogP contribution in [0.5, 0.6) is 0 Å². The van der Waals surface area contributed by atoms with Crippen LogP contribution in [0.25, 0.3) is 0 Å². The first-order valence-corrected chi connectivity index (χ1v) is 8.44. The zero-order valence-electron chi connectivity index (χ0n) is 12.9. The zero-order valence-corrected chi connectivity index (χ0v) is 13.7. The van der Waals surface area contributed by atoms with Crippen LogP contribution in [0.4, 0.5) is 18.3 Å². The maximum atomic E-state index is 12.6. The molecule has 0 aliphatic carbocycles. The largest absolute Gasteiger partial charge is 0.434 e. The second kappa shape index (κ2) is 7.24. The molecule has 1 aliphatic heterocycles. The number of alkyl halides is 3. The van der Waals surface area contributed by atoms with E-state index in [2.05, 4.69) is 21.7 Å². The second-order valence-corrected chi connectivity index (χ2v) is 6.28. The van der Waals surface area contributed by atoms with E-state index in [9.17, 15) is 13.2 Å². The average molecular weight is 351 g/mol. The maximum absolute atomic E-state index is 12.6. The minimum absolute atomic E-state index is 0.442. The van der Waals surface area contributed by atoms with Crippen molar-refractivity contribution in [2.75, 3.05) is 37.6 Å². The van der Waals surface area contributed by atoms with Gasteiger partial charge in [0.15, 0.2) is 10.8 Å². The lowest BCUT2D eigenvalue weighted by atomic mass is 10.2. The lowest BCUT2D eigenvalue weighted by Gasteiger charge is -2.33. The predicted octanol–water partition coefficient (Wildman–Crippen LogP) is 3.34. The number of benzene rings is 1. The highest BCUT2D eigenvalue weighted by Gasteiger charge is 2.34. The Morgan fingerprint density at radius 1 is 1.08 bits per heavy atom. The number of nitrogens with zero attached hydrogens (tertiary/aromatic N) is 3. The molecule has 0 amide bonds. The molecule has 1 aromatic heterocycles. The van der Waals surface area contributed by atoms with Gasteiger partial charge in [0.2, 0.25) is 0 Å². The van der Waals surface area contributed by atoms with Gasteiger partial charge in [0.05, 0.1) is 6.54 Å². The van der Waals surface area contributed by atoms with Crippen LogP contribution in [0, 0.1) is 11.8 Å². The van der Waals surface area contributed by atoms with Crippen molar-refractivity contribution in [2.45, 2.75) is 6.18 Å². The van der Waals surface area contributed by atoms with E-state index < -0.39 is 11.9 Å². The number of hydrogen-bond donors (Lipinski definition) is 0. The number of anilines is 1. The molecule has 1 aromatic carbocycles. The van der Waals surface area contributed by atoms with Gasteiger partial charge in [0.25, 0.3) is 0 Å². The van der Waals surface area contributed by atoms with Gasteiger partial charge in [-0.2, -0.15) is 13.2 Å². The van der Waals surface area contributed by atoms with Crippen molar-refractivity contribution in [1.82, 2.24) is 9.88 Å². The van der Waals surface area contributed by atoms with E-state index in [0.29, 0.717) is 24.8 Å². The molecule has 0 bridgehead atoms. The highest BCUT2D eigenvalue weighted by Crippen LogP contribution is 2.33. The third-order valence-electron chi connectivity index (χ3n) is 3.73. The number of aromatic nitrogens is 1. The number of rotatable bonds is 2. The summed E-state index contributed by atoms with van der Waals surface area (Å²) in [6.45, 7) is 3.53. The second-order valence-electron chi connectivity index (χ2n) is 5.44. The van der Waals surface area contributed by atoms with Gasteiger partial charge in [-0.3, -0.25) is 4.90 Å². The Bertz CT molecular complexity index is 723. The molecule has 3 nitrogen and oxygen atoms in total. The summed E-state index contributed by atoms with van der Waals surface area (Å²) in [5.74, 6) is 6.26. The van der Waals surface area contributed by atoms with Crippen LogP contribution < -0.4 is 4.90 Å². The van der Waals surface area contributed by atoms with E-state index in [1.54, 1.807) is 0 Å². The van der Waals surface area contributed by atoms with Crippen LogP contribution in [0.1, 0.15) is 11.3 Å². The number of piperazine rings is 1. The van der Waals surface area contributed by atoms with Crippen molar-refractivity contribution in [3.8, 4) is 11.8 Å². The van der Waals surface area contributed by atoms with Crippen molar-refractivity contribution in [3.63, 3.8) is 0 Å². The SMILES string of the molecule is FC(F)(F)c1csc(N2CCN(CC#Cc3ccccc3)CC2)n1. The smallest absolute Gasteiger partial charge is 0.346 e. The molecular formula is C17H16F3N3S. The molecule has 0 unspecified atom stereocenters. The van der Waals surface area contributed by atoms with E-state index in [1.807, 2.05) is 35.2 Å². The first kappa shape index (κ1) is 16.8. The molecular weight excluding hydrogens is 335 g/mol. The van der Waals surface area contributed by atoms with E-state index >= 15 is 0 Å². The lowest BCUT2D eigenvalue weighted by molar-refractivity contribution is -0.140. The van der Waals surface area contributed by atoms with E-state index in [0.717, 1.165) is 35.4 Å². The normalized spacial score (nSPS) is 15.9. The van der Waals surface area contributed by atoms with E-state index in [4.69, 9.17) is 0 Å². The summed E-state index contributed by atoms with van der Waals surface area (Å²) in [6.07, 6.45) is -4.37. The fraction of sp³-hybridized carbons (Fsp3) is 0.353. The van der Waals surface area contributed by atoms with Crippen molar-refractivity contribution in [2.24, 2.45) is 0 Å². The number of halogens is 3. The Hall–Kier alpha value is -2.04. The van der Waals surface area contributed by atoms with Gasteiger partial charge in [-0.05, 0) is 12.1 Å². The summed E-state index contributed by atoms with van der Waals surface area (Å²) in [4.78, 5) is 7.81. The maximum Gasteiger partial charge on any atom is 0.434 e. The molecule has 2 heterocycles. The Labute approximate surface area is 142 Å². The molecule has 0 saturated carbocycles. The standard InChI is InChI=1S/C17H16F3N3S/c18-17(19,20)15-13-24-16(21-15)23-11-9-22(10-12-23)8-4-7-14-5-2-1-3-6-14/h1-3,5-6,13H,8-12H2. The van der Waals surface area contributed by atoms with Crippen molar-refractivity contribution >= 4 is 16.5 Å². The Kier molecular flexibility index (Phi) is 5.07. The summed E-state index contributed by atoms with van der Waals surface area (Å²) in [5, 5.41) is 1.52. The van der Waals surface area contributed by atoms with Crippen LogP contribution in [-0.2, 0) is 6.18 Å². The Morgan fingerprint density at radius 2 is 1.79 bits per heavy atom. The molecule has 126 valence electrons. The van der Waals surface area contributed by atoms with Crippen LogP contribution in [0.15, 0.2) is 35.7 Å². The molecule has 0 radical (unpaired) electrons. The quantitative estimate of drug-likeness (QED) is 0.774. The fourth-order valence-electron chi connectivity index (χ4n) is 2.41. The molecule has 1 saturated heterocycles. The van der Waals surface area contributed by atoms with Gasteiger partial charge in [0.1, 0.15) is 0 Å². The topological polar surface area (TPSA) is 19.4 Å². The van der Waals surface area contributed by atoms with Gasteiger partial charge in [0, 0.05) is 37.1 Å². The monoisotopic (exact) mass is 351 g/mol. The van der Waals surface area contributed by atoms with E-state index in [-0.39, 0.29) is 0 Å². The lowest BCUT2D eigenvalue weighted by Crippen LogP contribution is -2.46. The molecule has 0 atom stereocenters. The van der Waals surface area contributed by atoms with Gasteiger partial charge >= 0.3 is 6.18 Å². The minimum Gasteiger partial charge on any atom is -0.346 e. The van der Waals surface area contributed by atoms with Gasteiger partial charge in [-0.15, -0.1) is 11.3 Å². The number of thiazole rings is 1. The highest BCUT2D eigenvalue weighted by molar-refractivity contribution is 7.13. The summed E-state index contributed by atoms with van der Waals surface area (Å²) < 4.78 is 37.8. The van der Waals surface area contributed by atoms with Crippen LogP contribution in [-0.4, -0.2) is 42.6 Å². The molecule has 7 heteroatoms. The fourth-order valence-corrected chi connectivity index (χ4v) is 3.30. The van der Waals surface area contributed by atoms with E-state index in [1.165, 1.54) is 0 Å². The summed E-state index contributed by atoms with van der Waals surface area (Å²) in [6, 6.07) is 9.78. The van der Waals surface area contributed by atoms with Crippen molar-refractivity contribution < 1.29 is 13.2 Å². The van der Waals surface area contributed by atoms with Crippen LogP contribution >= 0.6 is 11.3 Å². The minimum atomic E-state index is -4.37. The zero-order chi connectivity index (χ0) is 17.0. The average Bonchev–Trinajstić information content (AvgIpc) is 3.07. The molecule has 0 N–H and O–H groups in total. The van der Waals surface area contributed by atoms with Crippen molar-refractivity contribution in [3.05, 3.63) is 47.0 Å². The van der Waals surface area contributed by atoms with Gasteiger partial charge < -0.3 is 4.90 Å². The van der Waals surface area contributed by atoms with Crippen LogP contribution in [0.3, 0.4) is 0 Å². The molecule has 2 aromatic rings. The molecule has 24 heavy (non-hydrogen) atoms. The Balaban J connectivity index is 1.51. The summed E-state index contributed by atoms with van der Waals surface area (Å²) in [7, 11) is 0.